The van der Waals surface area contributed by atoms with E-state index in [9.17, 15) is 22.8 Å². The molecule has 0 fully saturated rings. The molecule has 0 aliphatic carbocycles. The lowest BCUT2D eigenvalue weighted by Gasteiger charge is -2.17. The van der Waals surface area contributed by atoms with Gasteiger partial charge in [-0.15, -0.1) is 0 Å². The first-order chi connectivity index (χ1) is 13.2. The van der Waals surface area contributed by atoms with Gasteiger partial charge in [0.25, 0.3) is 5.91 Å². The fourth-order valence-corrected chi connectivity index (χ4v) is 3.91. The molecule has 158 valence electrons. The van der Waals surface area contributed by atoms with Crippen LogP contribution in [0.3, 0.4) is 0 Å². The molecule has 0 radical (unpaired) electrons. The van der Waals surface area contributed by atoms with Crippen LogP contribution in [0.25, 0.3) is 0 Å². The van der Waals surface area contributed by atoms with E-state index in [0.29, 0.717) is 19.6 Å². The highest BCUT2D eigenvalue weighted by molar-refractivity contribution is 7.89. The van der Waals surface area contributed by atoms with E-state index in [1.165, 1.54) is 28.2 Å². The number of carbonyl (C=O) groups is 3. The van der Waals surface area contributed by atoms with Crippen molar-refractivity contribution in [2.45, 2.75) is 38.5 Å². The van der Waals surface area contributed by atoms with Gasteiger partial charge in [0.15, 0.2) is 6.61 Å². The molecule has 2 N–H and O–H groups in total. The Bertz CT molecular complexity index is 799. The van der Waals surface area contributed by atoms with Gasteiger partial charge in [-0.2, -0.15) is 4.31 Å². The van der Waals surface area contributed by atoms with Crippen LogP contribution in [0.1, 0.15) is 44.1 Å². The van der Waals surface area contributed by atoms with Gasteiger partial charge >= 0.3 is 12.0 Å². The highest BCUT2D eigenvalue weighted by atomic mass is 32.2. The zero-order chi connectivity index (χ0) is 21.3. The van der Waals surface area contributed by atoms with Crippen molar-refractivity contribution in [1.82, 2.24) is 19.5 Å². The topological polar surface area (TPSA) is 127 Å². The second-order valence-corrected chi connectivity index (χ2v) is 7.93. The van der Waals surface area contributed by atoms with E-state index in [2.05, 4.69) is 5.32 Å². The Balaban J connectivity index is 2.70. The average molecular weight is 417 g/mol. The number of nitrogens with one attached hydrogen (secondary N) is 2. The smallest absolute Gasteiger partial charge is 0.355 e. The summed E-state index contributed by atoms with van der Waals surface area (Å²) in [5.74, 6) is -1.66. The number of aromatic nitrogens is 1. The number of esters is 1. The molecule has 0 atom stereocenters. The summed E-state index contributed by atoms with van der Waals surface area (Å²) in [6.07, 6.45) is 2.99. The molecule has 0 unspecified atom stereocenters. The summed E-state index contributed by atoms with van der Waals surface area (Å²) < 4.78 is 32.5. The minimum atomic E-state index is -3.72. The van der Waals surface area contributed by atoms with E-state index >= 15 is 0 Å². The number of hydrogen-bond acceptors (Lipinski definition) is 6. The molecule has 0 saturated carbocycles. The number of unbranched alkanes of at least 4 members (excludes halogenated alkanes) is 1. The van der Waals surface area contributed by atoms with Crippen LogP contribution in [0, 0.1) is 0 Å². The Morgan fingerprint density at radius 1 is 1.18 bits per heavy atom. The SMILES string of the molecule is CCCCNC(=O)NC(=O)COC(=O)c1cc(S(=O)(=O)N(CC)CC)cn1C. The maximum Gasteiger partial charge on any atom is 0.355 e. The minimum absolute atomic E-state index is 0.0223. The molecular weight excluding hydrogens is 388 g/mol. The van der Waals surface area contributed by atoms with Gasteiger partial charge in [-0.1, -0.05) is 27.2 Å². The van der Waals surface area contributed by atoms with Gasteiger partial charge in [0.1, 0.15) is 10.6 Å². The van der Waals surface area contributed by atoms with Crippen LogP contribution >= 0.6 is 0 Å². The molecule has 0 spiro atoms. The van der Waals surface area contributed by atoms with Gasteiger partial charge in [-0.05, 0) is 12.5 Å². The number of imide groups is 1. The Morgan fingerprint density at radius 3 is 2.39 bits per heavy atom. The molecule has 1 heterocycles. The van der Waals surface area contributed by atoms with Crippen molar-refractivity contribution in [1.29, 1.82) is 0 Å². The van der Waals surface area contributed by atoms with Gasteiger partial charge in [0.2, 0.25) is 10.0 Å². The van der Waals surface area contributed by atoms with Gasteiger partial charge in [0, 0.05) is 32.9 Å². The standard InChI is InChI=1S/C17H28N4O6S/c1-5-8-9-18-17(24)19-15(22)12-27-16(23)14-10-13(11-20(14)4)28(25,26)21(6-2)7-3/h10-11H,5-9,12H2,1-4H3,(H2,18,19,22,24). The molecule has 0 aliphatic rings. The number of sulfonamides is 1. The summed E-state index contributed by atoms with van der Waals surface area (Å²) in [6, 6.07) is 0.534. The van der Waals surface area contributed by atoms with Gasteiger partial charge in [0.05, 0.1) is 0 Å². The third kappa shape index (κ3) is 6.34. The summed E-state index contributed by atoms with van der Waals surface area (Å²) in [6.45, 7) is 5.77. The number of rotatable bonds is 10. The van der Waals surface area contributed by atoms with Crippen LogP contribution in [-0.4, -0.2) is 61.4 Å². The van der Waals surface area contributed by atoms with E-state index in [1.54, 1.807) is 13.8 Å². The summed E-state index contributed by atoms with van der Waals surface area (Å²) >= 11 is 0. The predicted octanol–water partition coefficient (Wildman–Crippen LogP) is 0.838. The first kappa shape index (κ1) is 23.6. The van der Waals surface area contributed by atoms with Gasteiger partial charge in [-0.3, -0.25) is 10.1 Å². The van der Waals surface area contributed by atoms with Crippen molar-refractivity contribution >= 4 is 27.9 Å². The summed E-state index contributed by atoms with van der Waals surface area (Å²) in [5.41, 5.74) is -0.0223. The first-order valence-electron chi connectivity index (χ1n) is 9.08. The number of carbonyl (C=O) groups excluding carboxylic acids is 3. The third-order valence-electron chi connectivity index (χ3n) is 3.94. The lowest BCUT2D eigenvalue weighted by atomic mass is 10.3. The number of hydrogen-bond donors (Lipinski definition) is 2. The van der Waals surface area contributed by atoms with Crippen molar-refractivity contribution in [3.8, 4) is 0 Å². The molecule has 28 heavy (non-hydrogen) atoms. The number of aryl methyl sites for hydroxylation is 1. The molecule has 1 rings (SSSR count). The molecule has 11 heteroatoms. The maximum atomic E-state index is 12.5. The van der Waals surface area contributed by atoms with Crippen LogP contribution in [0.4, 0.5) is 4.79 Å². The van der Waals surface area contributed by atoms with Crippen LogP contribution in [0.15, 0.2) is 17.2 Å². The molecule has 10 nitrogen and oxygen atoms in total. The Morgan fingerprint density at radius 2 is 1.82 bits per heavy atom. The zero-order valence-electron chi connectivity index (χ0n) is 16.6. The van der Waals surface area contributed by atoms with Crippen LogP contribution in [0.2, 0.25) is 0 Å². The largest absolute Gasteiger partial charge is 0.451 e. The third-order valence-corrected chi connectivity index (χ3v) is 5.95. The molecule has 0 aliphatic heterocycles. The first-order valence-corrected chi connectivity index (χ1v) is 10.5. The van der Waals surface area contributed by atoms with E-state index in [4.69, 9.17) is 4.74 Å². The lowest BCUT2D eigenvalue weighted by molar-refractivity contribution is -0.123. The summed E-state index contributed by atoms with van der Waals surface area (Å²) in [7, 11) is -2.22. The monoisotopic (exact) mass is 416 g/mol. The van der Waals surface area contributed by atoms with Gasteiger partial charge in [-0.25, -0.2) is 18.0 Å². The molecule has 0 saturated heterocycles. The van der Waals surface area contributed by atoms with Gasteiger partial charge < -0.3 is 14.6 Å². The highest BCUT2D eigenvalue weighted by Crippen LogP contribution is 2.19. The zero-order valence-corrected chi connectivity index (χ0v) is 17.5. The van der Waals surface area contributed by atoms with Crippen molar-refractivity contribution in [3.63, 3.8) is 0 Å². The fourth-order valence-electron chi connectivity index (χ4n) is 2.38. The van der Waals surface area contributed by atoms with Crippen LogP contribution in [0.5, 0.6) is 0 Å². The molecule has 1 aromatic heterocycles. The van der Waals surface area contributed by atoms with Crippen molar-refractivity contribution in [3.05, 3.63) is 18.0 Å². The second kappa shape index (κ2) is 10.8. The van der Waals surface area contributed by atoms with E-state index in [-0.39, 0.29) is 10.6 Å². The van der Waals surface area contributed by atoms with Crippen LogP contribution < -0.4 is 10.6 Å². The summed E-state index contributed by atoms with van der Waals surface area (Å²) in [4.78, 5) is 35.3. The molecule has 0 bridgehead atoms. The maximum absolute atomic E-state index is 12.5. The average Bonchev–Trinajstić information content (AvgIpc) is 3.03. The predicted molar refractivity (Wildman–Crippen MR) is 102 cm³/mol. The van der Waals surface area contributed by atoms with E-state index in [0.717, 1.165) is 12.8 Å². The van der Waals surface area contributed by atoms with Crippen molar-refractivity contribution in [2.75, 3.05) is 26.2 Å². The second-order valence-electron chi connectivity index (χ2n) is 6.00. The number of ether oxygens (including phenoxy) is 1. The quantitative estimate of drug-likeness (QED) is 0.430. The Labute approximate surface area is 165 Å². The molecule has 0 aromatic carbocycles. The number of amides is 3. The summed E-state index contributed by atoms with van der Waals surface area (Å²) in [5, 5.41) is 4.54. The van der Waals surface area contributed by atoms with E-state index in [1.807, 2.05) is 12.2 Å². The van der Waals surface area contributed by atoms with Crippen molar-refractivity contribution < 1.29 is 27.5 Å². The molecule has 1 aromatic rings. The fraction of sp³-hybridized carbons (Fsp3) is 0.588. The Kier molecular flexibility index (Phi) is 9.13. The normalized spacial score (nSPS) is 11.3. The Hall–Kier alpha value is -2.40. The highest BCUT2D eigenvalue weighted by Gasteiger charge is 2.26. The lowest BCUT2D eigenvalue weighted by Crippen LogP contribution is -2.41. The molecule has 3 amide bonds. The van der Waals surface area contributed by atoms with E-state index < -0.39 is 34.5 Å². The van der Waals surface area contributed by atoms with Crippen molar-refractivity contribution in [2.24, 2.45) is 7.05 Å². The molecular formula is C17H28N4O6S. The van der Waals surface area contributed by atoms with Crippen LogP contribution in [-0.2, 0) is 26.6 Å². The minimum Gasteiger partial charge on any atom is -0.451 e. The number of nitrogens with zero attached hydrogens (tertiary/aromatic N) is 2. The number of urea groups is 1.